The van der Waals surface area contributed by atoms with Crippen molar-refractivity contribution in [1.82, 2.24) is 14.7 Å². The maximum atomic E-state index is 13.0. The molecule has 2 heterocycles. The van der Waals surface area contributed by atoms with Crippen LogP contribution in [-0.2, 0) is 11.3 Å². The third-order valence-corrected chi connectivity index (χ3v) is 4.66. The van der Waals surface area contributed by atoms with E-state index >= 15 is 0 Å². The Morgan fingerprint density at radius 3 is 2.68 bits per heavy atom. The Labute approximate surface area is 148 Å². The Morgan fingerprint density at radius 1 is 1.24 bits per heavy atom. The molecule has 0 aliphatic carbocycles. The van der Waals surface area contributed by atoms with Gasteiger partial charge in [-0.1, -0.05) is 19.1 Å². The lowest BCUT2D eigenvalue weighted by molar-refractivity contribution is 0.0724. The number of likely N-dealkylation sites (tertiary alicyclic amines) is 1. The zero-order valence-electron chi connectivity index (χ0n) is 15.0. The molecule has 1 saturated heterocycles. The van der Waals surface area contributed by atoms with Crippen molar-refractivity contribution in [3.05, 3.63) is 47.8 Å². The zero-order chi connectivity index (χ0) is 17.8. The van der Waals surface area contributed by atoms with Crippen molar-refractivity contribution >= 4 is 5.91 Å². The van der Waals surface area contributed by atoms with Crippen LogP contribution in [0.2, 0.25) is 0 Å². The van der Waals surface area contributed by atoms with E-state index in [1.54, 1.807) is 25.0 Å². The third-order valence-electron chi connectivity index (χ3n) is 4.66. The number of hydrogen-bond acceptors (Lipinski definition) is 4. The molecule has 1 amide bonds. The van der Waals surface area contributed by atoms with E-state index in [4.69, 9.17) is 9.47 Å². The van der Waals surface area contributed by atoms with E-state index in [1.165, 1.54) is 0 Å². The number of rotatable bonds is 6. The second-order valence-corrected chi connectivity index (χ2v) is 6.54. The second kappa shape index (κ2) is 7.70. The first kappa shape index (κ1) is 17.5. The lowest BCUT2D eigenvalue weighted by atomic mass is 10.0. The Balaban J connectivity index is 1.78. The van der Waals surface area contributed by atoms with Crippen molar-refractivity contribution in [1.29, 1.82) is 0 Å². The van der Waals surface area contributed by atoms with Gasteiger partial charge in [-0.3, -0.25) is 9.48 Å². The maximum Gasteiger partial charge on any atom is 0.274 e. The van der Waals surface area contributed by atoms with Gasteiger partial charge >= 0.3 is 0 Å². The van der Waals surface area contributed by atoms with Crippen molar-refractivity contribution in [2.24, 2.45) is 5.92 Å². The molecule has 0 bridgehead atoms. The van der Waals surface area contributed by atoms with Crippen LogP contribution in [0.25, 0.3) is 0 Å². The third kappa shape index (κ3) is 3.85. The number of methoxy groups -OCH3 is 2. The van der Waals surface area contributed by atoms with Gasteiger partial charge in [0.15, 0.2) is 0 Å². The predicted octanol–water partition coefficient (Wildman–Crippen LogP) is 2.76. The van der Waals surface area contributed by atoms with Gasteiger partial charge in [0, 0.05) is 19.9 Å². The smallest absolute Gasteiger partial charge is 0.274 e. The number of hydrogen-bond donors (Lipinski definition) is 0. The summed E-state index contributed by atoms with van der Waals surface area (Å²) in [7, 11) is 3.31. The summed E-state index contributed by atoms with van der Waals surface area (Å²) in [6.07, 6.45) is 2.79. The summed E-state index contributed by atoms with van der Waals surface area (Å²) < 4.78 is 12.0. The van der Waals surface area contributed by atoms with Gasteiger partial charge in [-0.2, -0.15) is 5.10 Å². The molecule has 6 nitrogen and oxygen atoms in total. The number of nitrogens with zero attached hydrogens (tertiary/aromatic N) is 3. The fraction of sp³-hybridized carbons (Fsp3) is 0.474. The van der Waals surface area contributed by atoms with Crippen molar-refractivity contribution in [3.8, 4) is 5.75 Å². The van der Waals surface area contributed by atoms with Gasteiger partial charge in [0.1, 0.15) is 11.4 Å². The van der Waals surface area contributed by atoms with Crippen LogP contribution < -0.4 is 4.74 Å². The molecule has 1 fully saturated rings. The van der Waals surface area contributed by atoms with Gasteiger partial charge in [0.25, 0.3) is 5.91 Å². The standard InChI is InChI=1S/C19H25N3O3/c1-14-12-18(15-4-6-16(25-3)7-5-15)22(13-14)19(23)17-8-9-21(20-17)10-11-24-2/h4-9,14,18H,10-13H2,1-3H3/t14-,18-/m1/s1. The molecule has 0 radical (unpaired) electrons. The minimum Gasteiger partial charge on any atom is -0.497 e. The van der Waals surface area contributed by atoms with Crippen molar-refractivity contribution in [2.75, 3.05) is 27.4 Å². The van der Waals surface area contributed by atoms with Crippen LogP contribution in [0.5, 0.6) is 5.75 Å². The molecule has 6 heteroatoms. The Kier molecular flexibility index (Phi) is 5.38. The fourth-order valence-corrected chi connectivity index (χ4v) is 3.34. The molecule has 0 saturated carbocycles. The Morgan fingerprint density at radius 2 is 2.00 bits per heavy atom. The molecule has 0 unspecified atom stereocenters. The summed E-state index contributed by atoms with van der Waals surface area (Å²) >= 11 is 0. The summed E-state index contributed by atoms with van der Waals surface area (Å²) in [4.78, 5) is 14.9. The lowest BCUT2D eigenvalue weighted by Crippen LogP contribution is -2.31. The number of carbonyl (C=O) groups excluding carboxylic acids is 1. The first-order chi connectivity index (χ1) is 12.1. The number of ether oxygens (including phenoxy) is 2. The minimum absolute atomic E-state index is 0.0127. The molecular formula is C19H25N3O3. The molecule has 2 aromatic rings. The van der Waals surface area contributed by atoms with Gasteiger partial charge in [-0.05, 0) is 36.1 Å². The molecule has 2 atom stereocenters. The Bertz CT molecular complexity index is 711. The Hall–Kier alpha value is -2.34. The second-order valence-electron chi connectivity index (χ2n) is 6.54. The molecule has 3 rings (SSSR count). The van der Waals surface area contributed by atoms with Crippen molar-refractivity contribution < 1.29 is 14.3 Å². The average Bonchev–Trinajstić information content (AvgIpc) is 3.26. The number of carbonyl (C=O) groups is 1. The van der Waals surface area contributed by atoms with Crippen molar-refractivity contribution in [3.63, 3.8) is 0 Å². The van der Waals surface area contributed by atoms with E-state index in [0.717, 1.165) is 24.3 Å². The summed E-state index contributed by atoms with van der Waals surface area (Å²) in [5, 5.41) is 4.40. The van der Waals surface area contributed by atoms with Gasteiger partial charge in [-0.15, -0.1) is 0 Å². The van der Waals surface area contributed by atoms with Crippen LogP contribution in [-0.4, -0.2) is 48.0 Å². The number of amides is 1. The molecule has 0 spiro atoms. The van der Waals surface area contributed by atoms with Crippen LogP contribution in [0.4, 0.5) is 0 Å². The number of benzene rings is 1. The fourth-order valence-electron chi connectivity index (χ4n) is 3.34. The van der Waals surface area contributed by atoms with E-state index in [1.807, 2.05) is 35.4 Å². The summed E-state index contributed by atoms with van der Waals surface area (Å²) in [5.41, 5.74) is 1.63. The molecule has 1 aromatic heterocycles. The SMILES string of the molecule is COCCn1ccc(C(=O)N2C[C@H](C)C[C@@H]2c2ccc(OC)cc2)n1. The first-order valence-electron chi connectivity index (χ1n) is 8.59. The predicted molar refractivity (Wildman–Crippen MR) is 94.7 cm³/mol. The van der Waals surface area contributed by atoms with Gasteiger partial charge in [-0.25, -0.2) is 0 Å². The lowest BCUT2D eigenvalue weighted by Gasteiger charge is -2.24. The highest BCUT2D eigenvalue weighted by molar-refractivity contribution is 5.92. The monoisotopic (exact) mass is 343 g/mol. The van der Waals surface area contributed by atoms with Crippen LogP contribution >= 0.6 is 0 Å². The van der Waals surface area contributed by atoms with Crippen LogP contribution in [0.15, 0.2) is 36.5 Å². The average molecular weight is 343 g/mol. The molecule has 134 valence electrons. The normalized spacial score (nSPS) is 20.0. The molecule has 1 aromatic carbocycles. The van der Waals surface area contributed by atoms with Gasteiger partial charge in [0.2, 0.25) is 0 Å². The summed E-state index contributed by atoms with van der Waals surface area (Å²) in [6, 6.07) is 9.84. The zero-order valence-corrected chi connectivity index (χ0v) is 15.0. The van der Waals surface area contributed by atoms with Gasteiger partial charge in [0.05, 0.1) is 26.3 Å². The maximum absolute atomic E-state index is 13.0. The summed E-state index contributed by atoms with van der Waals surface area (Å²) in [5.74, 6) is 1.28. The van der Waals surface area contributed by atoms with E-state index in [-0.39, 0.29) is 11.9 Å². The first-order valence-corrected chi connectivity index (χ1v) is 8.59. The topological polar surface area (TPSA) is 56.6 Å². The highest BCUT2D eigenvalue weighted by atomic mass is 16.5. The highest BCUT2D eigenvalue weighted by Gasteiger charge is 2.35. The van der Waals surface area contributed by atoms with E-state index in [2.05, 4.69) is 12.0 Å². The largest absolute Gasteiger partial charge is 0.497 e. The van der Waals surface area contributed by atoms with E-state index < -0.39 is 0 Å². The number of aromatic nitrogens is 2. The molecule has 1 aliphatic rings. The molecular weight excluding hydrogens is 318 g/mol. The highest BCUT2D eigenvalue weighted by Crippen LogP contribution is 2.36. The van der Waals surface area contributed by atoms with Gasteiger partial charge < -0.3 is 14.4 Å². The van der Waals surface area contributed by atoms with Crippen LogP contribution in [0.3, 0.4) is 0 Å². The quantitative estimate of drug-likeness (QED) is 0.809. The van der Waals surface area contributed by atoms with E-state index in [0.29, 0.717) is 24.8 Å². The van der Waals surface area contributed by atoms with Crippen molar-refractivity contribution in [2.45, 2.75) is 25.9 Å². The minimum atomic E-state index is -0.0127. The molecule has 25 heavy (non-hydrogen) atoms. The van der Waals surface area contributed by atoms with E-state index in [9.17, 15) is 4.79 Å². The molecule has 1 aliphatic heterocycles. The van der Waals surface area contributed by atoms with Crippen LogP contribution in [0, 0.1) is 5.92 Å². The van der Waals surface area contributed by atoms with Crippen LogP contribution in [0.1, 0.15) is 35.4 Å². The molecule has 0 N–H and O–H groups in total. The summed E-state index contributed by atoms with van der Waals surface area (Å²) in [6.45, 7) is 4.15.